The number of rotatable bonds is 12. The zero-order chi connectivity index (χ0) is 28.7. The van der Waals surface area contributed by atoms with Crippen LogP contribution in [0, 0.1) is 6.92 Å². The smallest absolute Gasteiger partial charge is 0.243 e. The molecule has 1 saturated carbocycles. The van der Waals surface area contributed by atoms with E-state index in [-0.39, 0.29) is 43.8 Å². The molecule has 1 atom stereocenters. The molecule has 2 aromatic rings. The van der Waals surface area contributed by atoms with E-state index in [4.69, 9.17) is 34.8 Å². The van der Waals surface area contributed by atoms with Crippen molar-refractivity contribution in [1.29, 1.82) is 0 Å². The highest BCUT2D eigenvalue weighted by molar-refractivity contribution is 7.92. The number of amides is 2. The van der Waals surface area contributed by atoms with E-state index >= 15 is 0 Å². The lowest BCUT2D eigenvalue weighted by Gasteiger charge is -2.32. The van der Waals surface area contributed by atoms with E-state index in [1.807, 2.05) is 6.92 Å². The van der Waals surface area contributed by atoms with Gasteiger partial charge < -0.3 is 10.2 Å². The average molecular weight is 617 g/mol. The Kier molecular flexibility index (Phi) is 11.4. The maximum Gasteiger partial charge on any atom is 0.243 e. The molecule has 1 fully saturated rings. The minimum Gasteiger partial charge on any atom is -0.352 e. The van der Waals surface area contributed by atoms with Gasteiger partial charge in [-0.15, -0.1) is 0 Å². The Labute approximate surface area is 246 Å². The first-order chi connectivity index (χ1) is 18.4. The van der Waals surface area contributed by atoms with Gasteiger partial charge in [0.2, 0.25) is 21.8 Å². The minimum absolute atomic E-state index is 0.0457. The van der Waals surface area contributed by atoms with E-state index < -0.39 is 16.1 Å². The summed E-state index contributed by atoms with van der Waals surface area (Å²) in [6.07, 6.45) is 5.87. The first-order valence-corrected chi connectivity index (χ1v) is 16.2. The number of nitrogens with zero attached hydrogens (tertiary/aromatic N) is 2. The maximum absolute atomic E-state index is 13.6. The molecule has 2 amide bonds. The maximum atomic E-state index is 13.6. The largest absolute Gasteiger partial charge is 0.352 e. The molecular weight excluding hydrogens is 581 g/mol. The van der Waals surface area contributed by atoms with Crippen molar-refractivity contribution >= 4 is 62.3 Å². The third kappa shape index (κ3) is 8.49. The fourth-order valence-electron chi connectivity index (χ4n) is 4.97. The monoisotopic (exact) mass is 615 g/mol. The molecule has 0 spiro atoms. The molecule has 214 valence electrons. The fourth-order valence-corrected chi connectivity index (χ4v) is 6.62. The van der Waals surface area contributed by atoms with Crippen molar-refractivity contribution in [1.82, 2.24) is 10.2 Å². The summed E-state index contributed by atoms with van der Waals surface area (Å²) in [6.45, 7) is 3.85. The molecule has 0 heterocycles. The highest BCUT2D eigenvalue weighted by Crippen LogP contribution is 2.29. The molecule has 0 aromatic heterocycles. The van der Waals surface area contributed by atoms with Crippen LogP contribution in [-0.2, 0) is 26.2 Å². The van der Waals surface area contributed by atoms with Crippen LogP contribution in [0.25, 0.3) is 0 Å². The normalized spacial score (nSPS) is 14.7. The SMILES string of the molecule is CCC(C(=O)NC1CCCC1)N(Cc1ccc(Cl)cc1Cl)C(=O)CCCN(c1cccc(Cl)c1C)S(C)(=O)=O. The van der Waals surface area contributed by atoms with Crippen molar-refractivity contribution in [3.8, 4) is 0 Å². The van der Waals surface area contributed by atoms with Gasteiger partial charge in [0.25, 0.3) is 0 Å². The Bertz CT molecular complexity index is 1280. The lowest BCUT2D eigenvalue weighted by Crippen LogP contribution is -2.51. The summed E-state index contributed by atoms with van der Waals surface area (Å²) in [4.78, 5) is 28.5. The van der Waals surface area contributed by atoms with Gasteiger partial charge in [0.05, 0.1) is 11.9 Å². The van der Waals surface area contributed by atoms with Crippen molar-refractivity contribution in [2.75, 3.05) is 17.1 Å². The van der Waals surface area contributed by atoms with Crippen molar-refractivity contribution in [3.63, 3.8) is 0 Å². The molecule has 0 aliphatic heterocycles. The number of hydrogen-bond donors (Lipinski definition) is 1. The third-order valence-corrected chi connectivity index (χ3v) is 9.28. The van der Waals surface area contributed by atoms with Gasteiger partial charge in [0, 0.05) is 40.6 Å². The van der Waals surface area contributed by atoms with E-state index in [2.05, 4.69) is 5.32 Å². The van der Waals surface area contributed by atoms with Gasteiger partial charge in [-0.2, -0.15) is 0 Å². The highest BCUT2D eigenvalue weighted by Gasteiger charge is 2.31. The summed E-state index contributed by atoms with van der Waals surface area (Å²) in [5.74, 6) is -0.444. The Morgan fingerprint density at radius 1 is 1.08 bits per heavy atom. The van der Waals surface area contributed by atoms with E-state index in [9.17, 15) is 18.0 Å². The van der Waals surface area contributed by atoms with E-state index in [1.54, 1.807) is 48.2 Å². The summed E-state index contributed by atoms with van der Waals surface area (Å²) in [6, 6.07) is 9.57. The van der Waals surface area contributed by atoms with Crippen LogP contribution in [0.3, 0.4) is 0 Å². The van der Waals surface area contributed by atoms with Gasteiger partial charge >= 0.3 is 0 Å². The topological polar surface area (TPSA) is 86.8 Å². The van der Waals surface area contributed by atoms with Crippen molar-refractivity contribution in [3.05, 3.63) is 62.6 Å². The number of carbonyl (C=O) groups excluding carboxylic acids is 2. The van der Waals surface area contributed by atoms with E-state index in [0.717, 1.165) is 31.9 Å². The Balaban J connectivity index is 1.81. The van der Waals surface area contributed by atoms with E-state index in [0.29, 0.717) is 38.3 Å². The number of carbonyl (C=O) groups is 2. The summed E-state index contributed by atoms with van der Waals surface area (Å²) >= 11 is 18.7. The summed E-state index contributed by atoms with van der Waals surface area (Å²) in [5.41, 5.74) is 1.79. The van der Waals surface area contributed by atoms with Gasteiger partial charge in [-0.25, -0.2) is 8.42 Å². The van der Waals surface area contributed by atoms with Gasteiger partial charge in [-0.05, 0) is 68.0 Å². The second-order valence-electron chi connectivity index (χ2n) is 9.99. The van der Waals surface area contributed by atoms with Crippen LogP contribution in [-0.4, -0.2) is 50.0 Å². The van der Waals surface area contributed by atoms with Crippen LogP contribution < -0.4 is 9.62 Å². The van der Waals surface area contributed by atoms with Crippen molar-refractivity contribution in [2.45, 2.75) is 77.4 Å². The fraction of sp³-hybridized carbons (Fsp3) is 0.500. The molecule has 3 rings (SSSR count). The lowest BCUT2D eigenvalue weighted by molar-refractivity contribution is -0.141. The zero-order valence-electron chi connectivity index (χ0n) is 22.6. The highest BCUT2D eigenvalue weighted by atomic mass is 35.5. The minimum atomic E-state index is -3.63. The predicted molar refractivity (Wildman–Crippen MR) is 159 cm³/mol. The first kappa shape index (κ1) is 31.5. The molecule has 0 bridgehead atoms. The number of halogens is 3. The molecule has 7 nitrogen and oxygen atoms in total. The number of hydrogen-bond acceptors (Lipinski definition) is 4. The molecule has 1 unspecified atom stereocenters. The second kappa shape index (κ2) is 14.1. The number of benzene rings is 2. The molecule has 11 heteroatoms. The van der Waals surface area contributed by atoms with Crippen LogP contribution in [0.1, 0.15) is 63.0 Å². The van der Waals surface area contributed by atoms with Gasteiger partial charge in [0.15, 0.2) is 0 Å². The lowest BCUT2D eigenvalue weighted by atomic mass is 10.1. The summed E-state index contributed by atoms with van der Waals surface area (Å²) in [5, 5.41) is 4.46. The standard InChI is InChI=1S/C28H36Cl3N3O4S/c1-4-25(28(36)32-22-9-5-6-10-22)33(18-20-14-15-21(29)17-24(20)31)27(35)13-8-16-34(39(3,37)38)26-12-7-11-23(30)19(26)2/h7,11-12,14-15,17,22,25H,4-6,8-10,13,16,18H2,1-3H3,(H,32,36). The second-order valence-corrected chi connectivity index (χ2v) is 13.2. The molecule has 2 aromatic carbocycles. The quantitative estimate of drug-likeness (QED) is 0.300. The van der Waals surface area contributed by atoms with Crippen LogP contribution in [0.2, 0.25) is 15.1 Å². The van der Waals surface area contributed by atoms with Crippen LogP contribution in [0.15, 0.2) is 36.4 Å². The predicted octanol–water partition coefficient (Wildman–Crippen LogP) is 6.37. The van der Waals surface area contributed by atoms with Crippen molar-refractivity contribution in [2.24, 2.45) is 0 Å². The first-order valence-electron chi connectivity index (χ1n) is 13.2. The Hall–Kier alpha value is -2.00. The molecule has 1 N–H and O–H groups in total. The number of nitrogens with one attached hydrogen (secondary N) is 1. The Morgan fingerprint density at radius 3 is 2.38 bits per heavy atom. The summed E-state index contributed by atoms with van der Waals surface area (Å²) < 4.78 is 26.5. The summed E-state index contributed by atoms with van der Waals surface area (Å²) in [7, 11) is -3.63. The molecule has 1 aliphatic rings. The van der Waals surface area contributed by atoms with Gasteiger partial charge in [0.1, 0.15) is 6.04 Å². The zero-order valence-corrected chi connectivity index (χ0v) is 25.6. The van der Waals surface area contributed by atoms with Crippen LogP contribution in [0.5, 0.6) is 0 Å². The molecule has 0 radical (unpaired) electrons. The third-order valence-electron chi connectivity index (χ3n) is 7.10. The number of sulfonamides is 1. The molecule has 1 aliphatic carbocycles. The molecule has 0 saturated heterocycles. The number of anilines is 1. The Morgan fingerprint density at radius 2 is 1.77 bits per heavy atom. The molecular formula is C28H36Cl3N3O4S. The van der Waals surface area contributed by atoms with Gasteiger partial charge in [-0.3, -0.25) is 13.9 Å². The van der Waals surface area contributed by atoms with Gasteiger partial charge in [-0.1, -0.05) is 66.7 Å². The van der Waals surface area contributed by atoms with E-state index in [1.165, 1.54) is 4.31 Å². The molecule has 39 heavy (non-hydrogen) atoms. The average Bonchev–Trinajstić information content (AvgIpc) is 3.37. The van der Waals surface area contributed by atoms with Crippen molar-refractivity contribution < 1.29 is 18.0 Å². The van der Waals surface area contributed by atoms with Crippen LogP contribution in [0.4, 0.5) is 5.69 Å². The van der Waals surface area contributed by atoms with Crippen LogP contribution >= 0.6 is 34.8 Å².